The van der Waals surface area contributed by atoms with Crippen LogP contribution in [0.15, 0.2) is 33.3 Å². The number of carbonyl (C=O) groups excluding carboxylic acids is 1. The molecule has 0 aromatic carbocycles. The van der Waals surface area contributed by atoms with Crippen molar-refractivity contribution in [3.8, 4) is 0 Å². The van der Waals surface area contributed by atoms with E-state index in [-0.39, 0.29) is 36.0 Å². The number of rotatable bonds is 3. The molecule has 1 N–H and O–H groups in total. The third kappa shape index (κ3) is 3.64. The average Bonchev–Trinajstić information content (AvgIpc) is 3.02. The van der Waals surface area contributed by atoms with Crippen molar-refractivity contribution < 1.29 is 13.2 Å². The Morgan fingerprint density at radius 1 is 1.16 bits per heavy atom. The van der Waals surface area contributed by atoms with Crippen molar-refractivity contribution in [3.05, 3.63) is 50.2 Å². The van der Waals surface area contributed by atoms with Gasteiger partial charge < -0.3 is 9.88 Å². The number of amides is 1. The molecule has 1 amide bonds. The van der Waals surface area contributed by atoms with Crippen LogP contribution in [0.4, 0.5) is 0 Å². The SMILES string of the molecule is Cc1ccc(C(=O)N2CCN(S(=O)(=O)c3ccc(Cl)s3)CC2)c(=O)[nH]1. The molecule has 7 nitrogen and oxygen atoms in total. The Morgan fingerprint density at radius 3 is 2.40 bits per heavy atom. The predicted molar refractivity (Wildman–Crippen MR) is 95.8 cm³/mol. The minimum Gasteiger partial charge on any atom is -0.336 e. The van der Waals surface area contributed by atoms with E-state index in [0.29, 0.717) is 10.0 Å². The maximum atomic E-state index is 12.6. The number of sulfonamides is 1. The van der Waals surface area contributed by atoms with E-state index in [4.69, 9.17) is 11.6 Å². The van der Waals surface area contributed by atoms with E-state index in [9.17, 15) is 18.0 Å². The molecule has 0 atom stereocenters. The van der Waals surface area contributed by atoms with Crippen LogP contribution in [0, 0.1) is 6.92 Å². The molecule has 1 fully saturated rings. The van der Waals surface area contributed by atoms with E-state index in [1.165, 1.54) is 21.3 Å². The normalized spacial score (nSPS) is 16.2. The summed E-state index contributed by atoms with van der Waals surface area (Å²) in [5.41, 5.74) is 0.298. The van der Waals surface area contributed by atoms with Gasteiger partial charge >= 0.3 is 0 Å². The summed E-state index contributed by atoms with van der Waals surface area (Å²) in [6.07, 6.45) is 0. The van der Waals surface area contributed by atoms with Crippen LogP contribution in [-0.4, -0.2) is 54.7 Å². The van der Waals surface area contributed by atoms with Crippen molar-refractivity contribution in [1.82, 2.24) is 14.2 Å². The minimum atomic E-state index is -3.61. The molecule has 134 valence electrons. The number of aryl methyl sites for hydroxylation is 1. The molecule has 0 unspecified atom stereocenters. The molecular weight excluding hydrogens is 386 g/mol. The summed E-state index contributed by atoms with van der Waals surface area (Å²) in [5.74, 6) is -0.391. The predicted octanol–water partition coefficient (Wildman–Crippen LogP) is 1.54. The molecule has 1 saturated heterocycles. The number of halogens is 1. The molecule has 0 aliphatic carbocycles. The van der Waals surface area contributed by atoms with Gasteiger partial charge in [0.25, 0.3) is 21.5 Å². The lowest BCUT2D eigenvalue weighted by Gasteiger charge is -2.33. The summed E-state index contributed by atoms with van der Waals surface area (Å²) >= 11 is 6.82. The number of carbonyl (C=O) groups is 1. The molecule has 10 heteroatoms. The first-order chi connectivity index (χ1) is 11.8. The minimum absolute atomic E-state index is 0.0620. The average molecular weight is 402 g/mol. The number of nitrogens with zero attached hydrogens (tertiary/aromatic N) is 2. The van der Waals surface area contributed by atoms with Crippen LogP contribution in [0.1, 0.15) is 16.1 Å². The van der Waals surface area contributed by atoms with Crippen LogP contribution in [0.5, 0.6) is 0 Å². The molecule has 2 aromatic rings. The highest BCUT2D eigenvalue weighted by molar-refractivity contribution is 7.91. The van der Waals surface area contributed by atoms with Gasteiger partial charge in [-0.15, -0.1) is 11.3 Å². The van der Waals surface area contributed by atoms with Gasteiger partial charge in [0.05, 0.1) is 4.34 Å². The third-order valence-electron chi connectivity index (χ3n) is 3.95. The van der Waals surface area contributed by atoms with Gasteiger partial charge in [-0.2, -0.15) is 4.31 Å². The Bertz CT molecular complexity index is 959. The maximum Gasteiger partial charge on any atom is 0.260 e. The summed E-state index contributed by atoms with van der Waals surface area (Å²) in [5, 5.41) is 0. The summed E-state index contributed by atoms with van der Waals surface area (Å²) in [6, 6.07) is 6.18. The lowest BCUT2D eigenvalue weighted by Crippen LogP contribution is -2.51. The molecule has 25 heavy (non-hydrogen) atoms. The number of piperazine rings is 1. The fourth-order valence-corrected chi connectivity index (χ4v) is 5.67. The molecule has 0 spiro atoms. The summed E-state index contributed by atoms with van der Waals surface area (Å²) in [7, 11) is -3.61. The van der Waals surface area contributed by atoms with Gasteiger partial charge in [0.1, 0.15) is 9.77 Å². The first-order valence-electron chi connectivity index (χ1n) is 7.54. The first kappa shape index (κ1) is 18.1. The Hall–Kier alpha value is -1.68. The number of H-pyrrole nitrogens is 1. The van der Waals surface area contributed by atoms with Gasteiger partial charge in [0.2, 0.25) is 0 Å². The Labute approximate surface area is 153 Å². The zero-order valence-corrected chi connectivity index (χ0v) is 15.7. The largest absolute Gasteiger partial charge is 0.336 e. The van der Waals surface area contributed by atoms with E-state index < -0.39 is 21.5 Å². The van der Waals surface area contributed by atoms with Gasteiger partial charge in [-0.1, -0.05) is 11.6 Å². The molecule has 0 bridgehead atoms. The molecule has 3 heterocycles. The lowest BCUT2D eigenvalue weighted by molar-refractivity contribution is 0.0696. The second kappa shape index (κ2) is 6.91. The van der Waals surface area contributed by atoms with E-state index >= 15 is 0 Å². The Balaban J connectivity index is 1.71. The summed E-state index contributed by atoms with van der Waals surface area (Å²) in [4.78, 5) is 28.5. The number of hydrogen-bond acceptors (Lipinski definition) is 5. The van der Waals surface area contributed by atoms with Gasteiger partial charge in [-0.3, -0.25) is 9.59 Å². The van der Waals surface area contributed by atoms with Crippen molar-refractivity contribution in [1.29, 1.82) is 0 Å². The quantitative estimate of drug-likeness (QED) is 0.844. The molecule has 1 aliphatic heterocycles. The van der Waals surface area contributed by atoms with E-state index in [2.05, 4.69) is 4.98 Å². The number of nitrogens with one attached hydrogen (secondary N) is 1. The van der Waals surface area contributed by atoms with E-state index in [1.54, 1.807) is 19.1 Å². The van der Waals surface area contributed by atoms with Crippen LogP contribution in [-0.2, 0) is 10.0 Å². The van der Waals surface area contributed by atoms with Crippen LogP contribution in [0.3, 0.4) is 0 Å². The second-order valence-corrected chi connectivity index (χ2v) is 9.52. The van der Waals surface area contributed by atoms with Crippen LogP contribution in [0.2, 0.25) is 4.34 Å². The van der Waals surface area contributed by atoms with Crippen molar-refractivity contribution in [2.24, 2.45) is 0 Å². The second-order valence-electron chi connectivity index (χ2n) is 5.64. The summed E-state index contributed by atoms with van der Waals surface area (Å²) in [6.45, 7) is 2.53. The third-order valence-corrected chi connectivity index (χ3v) is 7.55. The Kier molecular flexibility index (Phi) is 5.01. The highest BCUT2D eigenvalue weighted by Gasteiger charge is 2.31. The molecule has 3 rings (SSSR count). The topological polar surface area (TPSA) is 90.6 Å². The number of aromatic amines is 1. The van der Waals surface area contributed by atoms with Crippen molar-refractivity contribution in [3.63, 3.8) is 0 Å². The smallest absolute Gasteiger partial charge is 0.260 e. The standard InChI is InChI=1S/C15H16ClN3O4S2/c1-10-2-3-11(14(20)17-10)15(21)18-6-8-19(9-7-18)25(22,23)13-5-4-12(16)24-13/h2-5H,6-9H2,1H3,(H,17,20). The maximum absolute atomic E-state index is 12.6. The van der Waals surface area contributed by atoms with Gasteiger partial charge in [0, 0.05) is 31.9 Å². The van der Waals surface area contributed by atoms with Crippen molar-refractivity contribution in [2.75, 3.05) is 26.2 Å². The van der Waals surface area contributed by atoms with Gasteiger partial charge in [-0.25, -0.2) is 8.42 Å². The lowest BCUT2D eigenvalue weighted by atomic mass is 10.2. The number of aromatic nitrogens is 1. The van der Waals surface area contributed by atoms with Crippen LogP contribution in [0.25, 0.3) is 0 Å². The Morgan fingerprint density at radius 2 is 1.84 bits per heavy atom. The fourth-order valence-electron chi connectivity index (χ4n) is 2.61. The van der Waals surface area contributed by atoms with E-state index in [0.717, 1.165) is 11.3 Å². The zero-order chi connectivity index (χ0) is 18.2. The van der Waals surface area contributed by atoms with Gasteiger partial charge in [0.15, 0.2) is 0 Å². The van der Waals surface area contributed by atoms with E-state index in [1.807, 2.05) is 0 Å². The zero-order valence-electron chi connectivity index (χ0n) is 13.4. The van der Waals surface area contributed by atoms with Crippen LogP contribution < -0.4 is 5.56 Å². The number of hydrogen-bond donors (Lipinski definition) is 1. The molecule has 0 saturated carbocycles. The molecule has 0 radical (unpaired) electrons. The van der Waals surface area contributed by atoms with Crippen molar-refractivity contribution in [2.45, 2.75) is 11.1 Å². The highest BCUT2D eigenvalue weighted by Crippen LogP contribution is 2.28. The van der Waals surface area contributed by atoms with Crippen molar-refractivity contribution >= 4 is 38.9 Å². The molecule has 1 aliphatic rings. The number of pyridine rings is 1. The molecule has 2 aromatic heterocycles. The number of thiophene rings is 1. The monoisotopic (exact) mass is 401 g/mol. The summed E-state index contributed by atoms with van der Waals surface area (Å²) < 4.78 is 27.0. The highest BCUT2D eigenvalue weighted by atomic mass is 35.5. The molecular formula is C15H16ClN3O4S2. The first-order valence-corrected chi connectivity index (χ1v) is 10.2. The fraction of sp³-hybridized carbons (Fsp3) is 0.333. The van der Waals surface area contributed by atoms with Crippen LogP contribution >= 0.6 is 22.9 Å². The van der Waals surface area contributed by atoms with Gasteiger partial charge in [-0.05, 0) is 31.2 Å².